The highest BCUT2D eigenvalue weighted by molar-refractivity contribution is 5.75. The maximum absolute atomic E-state index is 13.5. The molecule has 7 nitrogen and oxygen atoms in total. The van der Waals surface area contributed by atoms with Gasteiger partial charge in [-0.3, -0.25) is 4.79 Å². The second-order valence-corrected chi connectivity index (χ2v) is 9.85. The molecule has 4 rings (SSSR count). The molecule has 7 heteroatoms. The van der Waals surface area contributed by atoms with Crippen molar-refractivity contribution in [2.45, 2.75) is 63.6 Å². The van der Waals surface area contributed by atoms with E-state index in [9.17, 15) is 9.59 Å². The van der Waals surface area contributed by atoms with Crippen molar-refractivity contribution in [2.75, 3.05) is 26.8 Å². The Morgan fingerprint density at radius 1 is 1.21 bits per heavy atom. The van der Waals surface area contributed by atoms with Crippen LogP contribution in [0.25, 0.3) is 0 Å². The summed E-state index contributed by atoms with van der Waals surface area (Å²) in [5, 5.41) is 6.73. The van der Waals surface area contributed by atoms with Gasteiger partial charge in [-0.15, -0.1) is 0 Å². The van der Waals surface area contributed by atoms with E-state index < -0.39 is 0 Å². The Bertz CT molecular complexity index is 1050. The molecule has 2 amide bonds. The minimum atomic E-state index is -0.0447. The molecule has 0 spiro atoms. The standard InChI is InChI=1S/C27H38N4O3/c1-19-13-20(5-4-12-34-3)15-21(14-19)18-31(23-6-7-23)27(33)29-25-17-28-10-8-24(25)22-9-11-30(2)26(32)16-22/h9,11,13-16,23-25,28H,4-8,10,12,17-18H2,1-3H3,(H,29,33)/t24-,25+/m0/s1. The molecule has 1 aliphatic carbocycles. The zero-order valence-corrected chi connectivity index (χ0v) is 20.7. The van der Waals surface area contributed by atoms with Gasteiger partial charge in [0.15, 0.2) is 0 Å². The number of carbonyl (C=O) groups excluding carboxylic acids is 1. The molecular formula is C27H38N4O3. The molecule has 1 aromatic heterocycles. The molecule has 0 radical (unpaired) electrons. The number of nitrogens with one attached hydrogen (secondary N) is 2. The van der Waals surface area contributed by atoms with Crippen LogP contribution in [0.15, 0.2) is 41.3 Å². The zero-order chi connectivity index (χ0) is 24.1. The van der Waals surface area contributed by atoms with E-state index in [4.69, 9.17) is 4.74 Å². The second-order valence-electron chi connectivity index (χ2n) is 9.85. The monoisotopic (exact) mass is 466 g/mol. The minimum absolute atomic E-state index is 0.00697. The molecule has 1 saturated carbocycles. The molecule has 2 aliphatic rings. The van der Waals surface area contributed by atoms with Crippen LogP contribution in [0.5, 0.6) is 0 Å². The number of aromatic nitrogens is 1. The molecule has 1 saturated heterocycles. The molecule has 2 aromatic rings. The number of aryl methyl sites for hydroxylation is 3. The lowest BCUT2D eigenvalue weighted by molar-refractivity contribution is 0.183. The van der Waals surface area contributed by atoms with Crippen molar-refractivity contribution in [3.8, 4) is 0 Å². The van der Waals surface area contributed by atoms with Crippen molar-refractivity contribution < 1.29 is 9.53 Å². The third-order valence-electron chi connectivity index (χ3n) is 6.96. The van der Waals surface area contributed by atoms with E-state index in [0.29, 0.717) is 19.1 Å². The molecule has 0 bridgehead atoms. The summed E-state index contributed by atoms with van der Waals surface area (Å²) in [6.45, 7) is 5.08. The minimum Gasteiger partial charge on any atom is -0.385 e. The number of urea groups is 1. The summed E-state index contributed by atoms with van der Waals surface area (Å²) < 4.78 is 6.78. The number of ether oxygens (including phenoxy) is 1. The van der Waals surface area contributed by atoms with Crippen molar-refractivity contribution in [3.63, 3.8) is 0 Å². The van der Waals surface area contributed by atoms with E-state index in [1.54, 1.807) is 24.8 Å². The first-order chi connectivity index (χ1) is 16.4. The summed E-state index contributed by atoms with van der Waals surface area (Å²) in [6, 6.07) is 10.6. The fraction of sp³-hybridized carbons (Fsp3) is 0.556. The van der Waals surface area contributed by atoms with Crippen LogP contribution >= 0.6 is 0 Å². The summed E-state index contributed by atoms with van der Waals surface area (Å²) in [5.41, 5.74) is 4.70. The SMILES string of the molecule is COCCCc1cc(C)cc(CN(C(=O)N[C@@H]2CNCC[C@H]2c2ccn(C)c(=O)c2)C2CC2)c1. The maximum atomic E-state index is 13.5. The Kier molecular flexibility index (Phi) is 8.06. The van der Waals surface area contributed by atoms with Crippen molar-refractivity contribution in [1.82, 2.24) is 20.1 Å². The summed E-state index contributed by atoms with van der Waals surface area (Å²) in [7, 11) is 3.49. The Balaban J connectivity index is 1.46. The summed E-state index contributed by atoms with van der Waals surface area (Å²) in [6.07, 6.45) is 6.79. The first-order valence-electron chi connectivity index (χ1n) is 12.5. The van der Waals surface area contributed by atoms with E-state index in [0.717, 1.165) is 50.8 Å². The average molecular weight is 467 g/mol. The number of hydrogen-bond acceptors (Lipinski definition) is 4. The van der Waals surface area contributed by atoms with Gasteiger partial charge in [-0.25, -0.2) is 4.79 Å². The van der Waals surface area contributed by atoms with E-state index in [1.165, 1.54) is 16.7 Å². The maximum Gasteiger partial charge on any atom is 0.318 e. The van der Waals surface area contributed by atoms with Gasteiger partial charge in [0.25, 0.3) is 5.56 Å². The fourth-order valence-electron chi connectivity index (χ4n) is 5.00. The predicted molar refractivity (Wildman–Crippen MR) is 134 cm³/mol. The van der Waals surface area contributed by atoms with E-state index in [-0.39, 0.29) is 23.6 Å². The summed E-state index contributed by atoms with van der Waals surface area (Å²) in [5.74, 6) is 0.131. The summed E-state index contributed by atoms with van der Waals surface area (Å²) in [4.78, 5) is 27.7. The average Bonchev–Trinajstić information content (AvgIpc) is 3.65. The number of amides is 2. The van der Waals surface area contributed by atoms with Crippen molar-refractivity contribution in [1.29, 1.82) is 0 Å². The van der Waals surface area contributed by atoms with Crippen LogP contribution in [0, 0.1) is 6.92 Å². The van der Waals surface area contributed by atoms with Gasteiger partial charge in [-0.05, 0) is 68.3 Å². The van der Waals surface area contributed by atoms with Gasteiger partial charge in [0.05, 0.1) is 0 Å². The molecule has 1 aromatic carbocycles. The third kappa shape index (κ3) is 6.27. The van der Waals surface area contributed by atoms with Crippen LogP contribution in [0.1, 0.15) is 53.9 Å². The van der Waals surface area contributed by atoms with E-state index in [1.807, 2.05) is 17.2 Å². The van der Waals surface area contributed by atoms with Crippen LogP contribution in [-0.4, -0.2) is 54.4 Å². The predicted octanol–water partition coefficient (Wildman–Crippen LogP) is 3.09. The molecule has 2 fully saturated rings. The van der Waals surface area contributed by atoms with Crippen LogP contribution in [0.2, 0.25) is 0 Å². The lowest BCUT2D eigenvalue weighted by atomic mass is 9.86. The van der Waals surface area contributed by atoms with Crippen LogP contribution in [0.4, 0.5) is 4.79 Å². The number of benzene rings is 1. The normalized spacial score (nSPS) is 20.2. The molecule has 0 unspecified atom stereocenters. The quantitative estimate of drug-likeness (QED) is 0.557. The smallest absolute Gasteiger partial charge is 0.318 e. The van der Waals surface area contributed by atoms with Gasteiger partial charge < -0.3 is 24.8 Å². The Hall–Kier alpha value is -2.64. The fourth-order valence-corrected chi connectivity index (χ4v) is 5.00. The molecule has 1 aliphatic heterocycles. The lowest BCUT2D eigenvalue weighted by Crippen LogP contribution is -2.53. The molecule has 184 valence electrons. The Morgan fingerprint density at radius 3 is 2.74 bits per heavy atom. The number of hydrogen-bond donors (Lipinski definition) is 2. The molecular weight excluding hydrogens is 428 g/mol. The van der Waals surface area contributed by atoms with Gasteiger partial charge in [-0.2, -0.15) is 0 Å². The molecule has 2 atom stereocenters. The van der Waals surface area contributed by atoms with E-state index >= 15 is 0 Å². The molecule has 34 heavy (non-hydrogen) atoms. The van der Waals surface area contributed by atoms with Gasteiger partial charge in [-0.1, -0.05) is 23.8 Å². The van der Waals surface area contributed by atoms with Crippen molar-refractivity contribution in [2.24, 2.45) is 7.05 Å². The first-order valence-corrected chi connectivity index (χ1v) is 12.5. The van der Waals surface area contributed by atoms with Crippen LogP contribution < -0.4 is 16.2 Å². The Labute approximate surface area is 202 Å². The largest absolute Gasteiger partial charge is 0.385 e. The zero-order valence-electron chi connectivity index (χ0n) is 20.7. The number of methoxy groups -OCH3 is 1. The molecule has 2 heterocycles. The van der Waals surface area contributed by atoms with Crippen molar-refractivity contribution in [3.05, 3.63) is 69.1 Å². The first kappa shape index (κ1) is 24.5. The summed E-state index contributed by atoms with van der Waals surface area (Å²) >= 11 is 0. The van der Waals surface area contributed by atoms with Gasteiger partial charge in [0, 0.05) is 64.1 Å². The highest BCUT2D eigenvalue weighted by Gasteiger charge is 2.35. The molecule has 2 N–H and O–H groups in total. The Morgan fingerprint density at radius 2 is 2.00 bits per heavy atom. The topological polar surface area (TPSA) is 75.6 Å². The third-order valence-corrected chi connectivity index (χ3v) is 6.96. The lowest BCUT2D eigenvalue weighted by Gasteiger charge is -2.35. The highest BCUT2D eigenvalue weighted by atomic mass is 16.5. The van der Waals surface area contributed by atoms with Crippen molar-refractivity contribution >= 4 is 6.03 Å². The number of piperidine rings is 1. The van der Waals surface area contributed by atoms with Gasteiger partial charge in [0.2, 0.25) is 0 Å². The number of carbonyl (C=O) groups is 1. The number of rotatable bonds is 9. The van der Waals surface area contributed by atoms with E-state index in [2.05, 4.69) is 35.8 Å². The van der Waals surface area contributed by atoms with Gasteiger partial charge >= 0.3 is 6.03 Å². The number of pyridine rings is 1. The number of nitrogens with zero attached hydrogens (tertiary/aromatic N) is 2. The van der Waals surface area contributed by atoms with Crippen LogP contribution in [-0.2, 0) is 24.8 Å². The highest BCUT2D eigenvalue weighted by Crippen LogP contribution is 2.30. The van der Waals surface area contributed by atoms with Gasteiger partial charge in [0.1, 0.15) is 0 Å². The van der Waals surface area contributed by atoms with Crippen LogP contribution in [0.3, 0.4) is 0 Å². The second kappa shape index (κ2) is 11.2.